The minimum Gasteiger partial charge on any atom is -0.334 e. The number of sulfonamides is 1. The Hall–Kier alpha value is -3.67. The lowest BCUT2D eigenvalue weighted by Crippen LogP contribution is -2.47. The lowest BCUT2D eigenvalue weighted by Gasteiger charge is -2.21. The van der Waals surface area contributed by atoms with E-state index in [2.05, 4.69) is 9.82 Å². The third-order valence-corrected chi connectivity index (χ3v) is 9.08. The van der Waals surface area contributed by atoms with E-state index < -0.39 is 61.8 Å². The van der Waals surface area contributed by atoms with E-state index in [0.717, 1.165) is 6.07 Å². The molecule has 0 atom stereocenters. The van der Waals surface area contributed by atoms with E-state index in [-0.39, 0.29) is 35.6 Å². The number of thiophene rings is 1. The molecule has 0 aliphatic rings. The number of rotatable bonds is 10. The number of hydrogen-bond acceptors (Lipinski definition) is 7. The van der Waals surface area contributed by atoms with Gasteiger partial charge in [0.25, 0.3) is 0 Å². The number of amides is 2. The number of urea groups is 1. The van der Waals surface area contributed by atoms with Crippen molar-refractivity contribution >= 4 is 33.4 Å². The number of benzene rings is 1. The van der Waals surface area contributed by atoms with Crippen LogP contribution in [0.1, 0.15) is 43.5 Å². The highest BCUT2D eigenvalue weighted by Crippen LogP contribution is 2.39. The summed E-state index contributed by atoms with van der Waals surface area (Å²) < 4.78 is 119. The summed E-state index contributed by atoms with van der Waals surface area (Å²) in [5, 5.41) is 1.50. The van der Waals surface area contributed by atoms with Crippen LogP contribution in [0, 0.1) is 11.7 Å². The molecule has 2 heterocycles. The second-order valence-electron chi connectivity index (χ2n) is 9.85. The molecule has 0 spiro atoms. The normalized spacial score (nSPS) is 12.4. The Labute approximate surface area is 251 Å². The molecule has 1 N–H and O–H groups in total. The fourth-order valence-corrected chi connectivity index (χ4v) is 7.04. The molecule has 0 saturated heterocycles. The van der Waals surface area contributed by atoms with E-state index in [0.29, 0.717) is 28.5 Å². The van der Waals surface area contributed by atoms with Crippen LogP contribution in [0.3, 0.4) is 0 Å². The number of nitrogens with zero attached hydrogens (tertiary/aromatic N) is 3. The van der Waals surface area contributed by atoms with Gasteiger partial charge in [0.15, 0.2) is 4.21 Å². The zero-order valence-corrected chi connectivity index (χ0v) is 25.1. The Morgan fingerprint density at radius 1 is 1.14 bits per heavy atom. The highest BCUT2D eigenvalue weighted by molar-refractivity contribution is 7.91. The Bertz CT molecular complexity index is 1600. The molecule has 18 heteroatoms. The van der Waals surface area contributed by atoms with Gasteiger partial charge in [0.1, 0.15) is 11.6 Å². The summed E-state index contributed by atoms with van der Waals surface area (Å²) in [5.74, 6) is -3.25. The molecule has 0 saturated carbocycles. The van der Waals surface area contributed by atoms with Crippen molar-refractivity contribution in [1.82, 2.24) is 19.3 Å². The van der Waals surface area contributed by atoms with E-state index in [4.69, 9.17) is 0 Å². The van der Waals surface area contributed by atoms with Gasteiger partial charge in [-0.05, 0) is 34.5 Å². The third kappa shape index (κ3) is 8.71. The molecular weight excluding hydrogens is 645 g/mol. The Balaban J connectivity index is 2.09. The van der Waals surface area contributed by atoms with Crippen molar-refractivity contribution in [3.05, 3.63) is 58.7 Å². The molecule has 2 aromatic heterocycles. The standard InChI is InChI=1S/C26H27F7N4O5S2/c1-4-21-34-9-10-36(21)14-17-6-5-16(12-20(17)27)19-13-18(11-15(2)3)43-22(19)44(40,41)37(42-23(38)26(31,32)33)24(39)35-8-7-25(28,29)30/h5-6,9-10,12-13,15H,4,7-8,11,14H2,1-3H3,(H,35,39). The molecule has 2 amide bonds. The summed E-state index contributed by atoms with van der Waals surface area (Å²) in [7, 11) is -5.51. The SMILES string of the molecule is CCc1nccn1Cc1ccc(-c2cc(CC(C)C)sc2S(=O)(=O)N(OC(=O)C(F)(F)F)C(=O)NCCC(F)(F)F)cc1F. The molecule has 0 radical (unpaired) electrons. The first-order valence-corrected chi connectivity index (χ1v) is 15.2. The summed E-state index contributed by atoms with van der Waals surface area (Å²) >= 11 is 0.520. The Morgan fingerprint density at radius 3 is 2.39 bits per heavy atom. The van der Waals surface area contributed by atoms with Gasteiger partial charge in [0.05, 0.1) is 13.0 Å². The molecule has 3 aromatic rings. The topological polar surface area (TPSA) is 111 Å². The quantitative estimate of drug-likeness (QED) is 0.202. The highest BCUT2D eigenvalue weighted by atomic mass is 32.2. The second kappa shape index (κ2) is 13.5. The van der Waals surface area contributed by atoms with Crippen LogP contribution < -0.4 is 5.32 Å². The third-order valence-electron chi connectivity index (χ3n) is 5.88. The lowest BCUT2D eigenvalue weighted by molar-refractivity contribution is -0.216. The largest absolute Gasteiger partial charge is 0.493 e. The number of hydroxylamine groups is 1. The maximum absolute atomic E-state index is 15.3. The van der Waals surface area contributed by atoms with Gasteiger partial charge in [-0.3, -0.25) is 0 Å². The smallest absolute Gasteiger partial charge is 0.334 e. The van der Waals surface area contributed by atoms with Crippen molar-refractivity contribution < 1.29 is 53.6 Å². The van der Waals surface area contributed by atoms with Crippen LogP contribution in [0.15, 0.2) is 40.9 Å². The van der Waals surface area contributed by atoms with E-state index >= 15 is 4.39 Å². The first-order valence-electron chi connectivity index (χ1n) is 12.9. The fourth-order valence-electron chi connectivity index (χ4n) is 3.92. The van der Waals surface area contributed by atoms with E-state index in [1.54, 1.807) is 30.8 Å². The number of hydrogen-bond donors (Lipinski definition) is 1. The van der Waals surface area contributed by atoms with Gasteiger partial charge in [-0.1, -0.05) is 32.9 Å². The number of imidazole rings is 1. The predicted octanol–water partition coefficient (Wildman–Crippen LogP) is 6.23. The maximum atomic E-state index is 15.3. The molecule has 0 bridgehead atoms. The molecule has 3 rings (SSSR count). The Kier molecular flexibility index (Phi) is 10.7. The van der Waals surface area contributed by atoms with Crippen LogP contribution in [0.4, 0.5) is 35.5 Å². The molecule has 0 aliphatic carbocycles. The number of aryl methyl sites for hydroxylation is 1. The van der Waals surface area contributed by atoms with E-state index in [1.165, 1.54) is 23.5 Å². The highest BCUT2D eigenvalue weighted by Gasteiger charge is 2.47. The fraction of sp³-hybridized carbons (Fsp3) is 0.423. The van der Waals surface area contributed by atoms with Gasteiger partial charge in [-0.15, -0.1) is 11.3 Å². The second-order valence-corrected chi connectivity index (χ2v) is 12.9. The van der Waals surface area contributed by atoms with Crippen molar-refractivity contribution in [2.45, 2.75) is 63.1 Å². The summed E-state index contributed by atoms with van der Waals surface area (Å²) in [6.07, 6.45) is -8.22. The van der Waals surface area contributed by atoms with E-state index in [9.17, 15) is 44.3 Å². The zero-order chi connectivity index (χ0) is 33.0. The van der Waals surface area contributed by atoms with Crippen LogP contribution >= 0.6 is 11.3 Å². The predicted molar refractivity (Wildman–Crippen MR) is 144 cm³/mol. The van der Waals surface area contributed by atoms with Crippen LogP contribution in [0.25, 0.3) is 11.1 Å². The van der Waals surface area contributed by atoms with Crippen LogP contribution in [0.2, 0.25) is 0 Å². The summed E-state index contributed by atoms with van der Waals surface area (Å²) in [4.78, 5) is 32.6. The van der Waals surface area contributed by atoms with Crippen molar-refractivity contribution in [2.75, 3.05) is 6.54 Å². The molecule has 9 nitrogen and oxygen atoms in total. The summed E-state index contributed by atoms with van der Waals surface area (Å²) in [6.45, 7) is 4.28. The van der Waals surface area contributed by atoms with Crippen molar-refractivity contribution in [2.24, 2.45) is 5.92 Å². The number of nitrogens with one attached hydrogen (secondary N) is 1. The summed E-state index contributed by atoms with van der Waals surface area (Å²) in [6, 6.07) is 2.98. The molecule has 0 aliphatic heterocycles. The van der Waals surface area contributed by atoms with Gasteiger partial charge < -0.3 is 14.7 Å². The maximum Gasteiger partial charge on any atom is 0.493 e. The molecule has 44 heavy (non-hydrogen) atoms. The first kappa shape index (κ1) is 34.8. The summed E-state index contributed by atoms with van der Waals surface area (Å²) in [5.41, 5.74) is -0.0746. The number of alkyl halides is 6. The van der Waals surface area contributed by atoms with Crippen molar-refractivity contribution in [3.8, 4) is 11.1 Å². The number of aromatic nitrogens is 2. The number of halogens is 7. The molecular formula is C26H27F7N4O5S2. The minimum atomic E-state index is -5.77. The molecule has 0 unspecified atom stereocenters. The van der Waals surface area contributed by atoms with Crippen LogP contribution in [0.5, 0.6) is 0 Å². The van der Waals surface area contributed by atoms with Gasteiger partial charge in [0, 0.05) is 41.4 Å². The van der Waals surface area contributed by atoms with Gasteiger partial charge in [-0.25, -0.2) is 19.0 Å². The Morgan fingerprint density at radius 2 is 1.82 bits per heavy atom. The van der Waals surface area contributed by atoms with Crippen LogP contribution in [-0.4, -0.2) is 53.3 Å². The monoisotopic (exact) mass is 672 g/mol. The lowest BCUT2D eigenvalue weighted by atomic mass is 10.0. The average molecular weight is 673 g/mol. The molecule has 242 valence electrons. The first-order chi connectivity index (χ1) is 20.3. The minimum absolute atomic E-state index is 0.0444. The molecule has 1 aromatic carbocycles. The average Bonchev–Trinajstić information content (AvgIpc) is 3.53. The van der Waals surface area contributed by atoms with Gasteiger partial charge in [0.2, 0.25) is 0 Å². The van der Waals surface area contributed by atoms with Gasteiger partial charge >= 0.3 is 34.4 Å². The number of carbonyl (C=O) groups is 2. The van der Waals surface area contributed by atoms with Crippen molar-refractivity contribution in [1.29, 1.82) is 0 Å². The zero-order valence-electron chi connectivity index (χ0n) is 23.4. The molecule has 0 fully saturated rings. The van der Waals surface area contributed by atoms with E-state index in [1.807, 2.05) is 6.92 Å². The van der Waals surface area contributed by atoms with Gasteiger partial charge in [-0.2, -0.15) is 34.8 Å². The van der Waals surface area contributed by atoms with Crippen molar-refractivity contribution in [3.63, 3.8) is 0 Å². The number of carbonyl (C=O) groups excluding carboxylic acids is 2. The van der Waals surface area contributed by atoms with Crippen LogP contribution in [-0.2, 0) is 39.0 Å².